The van der Waals surface area contributed by atoms with Crippen molar-refractivity contribution < 1.29 is 14.4 Å². The van der Waals surface area contributed by atoms with Gasteiger partial charge in [0, 0.05) is 26.1 Å². The fraction of sp³-hybridized carbons (Fsp3) is 0.526. The van der Waals surface area contributed by atoms with E-state index in [9.17, 15) is 14.4 Å². The van der Waals surface area contributed by atoms with Crippen molar-refractivity contribution in [3.63, 3.8) is 0 Å². The molecule has 6 heteroatoms. The molecule has 0 unspecified atom stereocenters. The van der Waals surface area contributed by atoms with Gasteiger partial charge in [-0.15, -0.1) is 0 Å². The SMILES string of the molecule is O=C(CNC(=O)Cc1ccccc1)NCCCN1CCCCCC1=O. The first-order chi connectivity index (χ1) is 12.1. The summed E-state index contributed by atoms with van der Waals surface area (Å²) in [5.74, 6) is -0.155. The fourth-order valence-corrected chi connectivity index (χ4v) is 2.86. The number of carbonyl (C=O) groups excluding carboxylic acids is 3. The van der Waals surface area contributed by atoms with E-state index in [0.29, 0.717) is 19.5 Å². The van der Waals surface area contributed by atoms with Crippen LogP contribution in [0.4, 0.5) is 0 Å². The van der Waals surface area contributed by atoms with E-state index in [-0.39, 0.29) is 30.7 Å². The lowest BCUT2D eigenvalue weighted by molar-refractivity contribution is -0.130. The summed E-state index contributed by atoms with van der Waals surface area (Å²) in [4.78, 5) is 37.3. The van der Waals surface area contributed by atoms with Crippen molar-refractivity contribution >= 4 is 17.7 Å². The molecule has 0 aromatic heterocycles. The third kappa shape index (κ3) is 7.37. The smallest absolute Gasteiger partial charge is 0.239 e. The lowest BCUT2D eigenvalue weighted by Gasteiger charge is -2.20. The van der Waals surface area contributed by atoms with E-state index in [1.54, 1.807) is 0 Å². The summed E-state index contributed by atoms with van der Waals surface area (Å²) in [6, 6.07) is 9.41. The van der Waals surface area contributed by atoms with Crippen molar-refractivity contribution in [2.75, 3.05) is 26.2 Å². The number of amides is 3. The molecule has 0 spiro atoms. The highest BCUT2D eigenvalue weighted by atomic mass is 16.2. The highest BCUT2D eigenvalue weighted by Crippen LogP contribution is 2.11. The second kappa shape index (κ2) is 10.5. The van der Waals surface area contributed by atoms with Crippen LogP contribution in [0.2, 0.25) is 0 Å². The summed E-state index contributed by atoms with van der Waals surface area (Å²) in [5.41, 5.74) is 0.919. The summed E-state index contributed by atoms with van der Waals surface area (Å²) in [7, 11) is 0. The minimum absolute atomic E-state index is 0.0195. The zero-order valence-corrected chi connectivity index (χ0v) is 14.6. The number of nitrogens with one attached hydrogen (secondary N) is 2. The molecule has 0 bridgehead atoms. The van der Waals surface area contributed by atoms with E-state index in [1.165, 1.54) is 0 Å². The van der Waals surface area contributed by atoms with Gasteiger partial charge >= 0.3 is 0 Å². The van der Waals surface area contributed by atoms with Gasteiger partial charge in [-0.3, -0.25) is 14.4 Å². The van der Waals surface area contributed by atoms with Gasteiger partial charge in [0.25, 0.3) is 0 Å². The van der Waals surface area contributed by atoms with Crippen LogP contribution in [0.3, 0.4) is 0 Å². The summed E-state index contributed by atoms with van der Waals surface area (Å²) in [5, 5.41) is 5.40. The first-order valence-electron chi connectivity index (χ1n) is 9.00. The molecule has 1 heterocycles. The minimum Gasteiger partial charge on any atom is -0.355 e. The van der Waals surface area contributed by atoms with Gasteiger partial charge in [-0.1, -0.05) is 36.8 Å². The van der Waals surface area contributed by atoms with Gasteiger partial charge in [-0.2, -0.15) is 0 Å². The Balaban J connectivity index is 1.56. The van der Waals surface area contributed by atoms with Crippen LogP contribution in [0.25, 0.3) is 0 Å². The van der Waals surface area contributed by atoms with Gasteiger partial charge in [0.1, 0.15) is 0 Å². The predicted octanol–water partition coefficient (Wildman–Crippen LogP) is 1.25. The lowest BCUT2D eigenvalue weighted by atomic mass is 10.1. The number of likely N-dealkylation sites (tertiary alicyclic amines) is 1. The normalized spacial score (nSPS) is 14.7. The number of carbonyl (C=O) groups is 3. The highest BCUT2D eigenvalue weighted by molar-refractivity contribution is 5.85. The second-order valence-corrected chi connectivity index (χ2v) is 6.33. The Labute approximate surface area is 149 Å². The van der Waals surface area contributed by atoms with Gasteiger partial charge in [0.2, 0.25) is 17.7 Å². The monoisotopic (exact) mass is 345 g/mol. The summed E-state index contributed by atoms with van der Waals surface area (Å²) in [6.07, 6.45) is 4.79. The molecule has 0 saturated carbocycles. The van der Waals surface area contributed by atoms with Crippen molar-refractivity contribution in [1.29, 1.82) is 0 Å². The zero-order chi connectivity index (χ0) is 17.9. The Morgan fingerprint density at radius 3 is 2.60 bits per heavy atom. The maximum atomic E-state index is 11.9. The van der Waals surface area contributed by atoms with Gasteiger partial charge in [-0.25, -0.2) is 0 Å². The molecule has 1 aromatic carbocycles. The van der Waals surface area contributed by atoms with Gasteiger partial charge in [0.15, 0.2) is 0 Å². The predicted molar refractivity (Wildman–Crippen MR) is 95.8 cm³/mol. The van der Waals surface area contributed by atoms with Crippen LogP contribution in [-0.4, -0.2) is 48.8 Å². The molecule has 2 N–H and O–H groups in total. The first-order valence-corrected chi connectivity index (χ1v) is 9.00. The molecule has 1 saturated heterocycles. The molecular weight excluding hydrogens is 318 g/mol. The molecule has 3 amide bonds. The van der Waals surface area contributed by atoms with Crippen LogP contribution in [0.5, 0.6) is 0 Å². The van der Waals surface area contributed by atoms with E-state index >= 15 is 0 Å². The summed E-state index contributed by atoms with van der Waals surface area (Å²) in [6.45, 7) is 1.99. The maximum Gasteiger partial charge on any atom is 0.239 e. The van der Waals surface area contributed by atoms with E-state index in [1.807, 2.05) is 35.2 Å². The van der Waals surface area contributed by atoms with Gasteiger partial charge in [-0.05, 0) is 24.8 Å². The zero-order valence-electron chi connectivity index (χ0n) is 14.6. The van der Waals surface area contributed by atoms with Crippen LogP contribution < -0.4 is 10.6 Å². The molecule has 25 heavy (non-hydrogen) atoms. The van der Waals surface area contributed by atoms with E-state index < -0.39 is 0 Å². The van der Waals surface area contributed by atoms with Crippen molar-refractivity contribution in [2.45, 2.75) is 38.5 Å². The number of nitrogens with zero attached hydrogens (tertiary/aromatic N) is 1. The second-order valence-electron chi connectivity index (χ2n) is 6.33. The van der Waals surface area contributed by atoms with Crippen LogP contribution in [0, 0.1) is 0 Å². The average molecular weight is 345 g/mol. The lowest BCUT2D eigenvalue weighted by Crippen LogP contribution is -2.39. The quantitative estimate of drug-likeness (QED) is 0.696. The Morgan fingerprint density at radius 2 is 1.80 bits per heavy atom. The van der Waals surface area contributed by atoms with E-state index in [0.717, 1.165) is 37.8 Å². The summed E-state index contributed by atoms with van der Waals surface area (Å²) >= 11 is 0. The molecule has 0 atom stereocenters. The van der Waals surface area contributed by atoms with Crippen molar-refractivity contribution in [2.24, 2.45) is 0 Å². The van der Waals surface area contributed by atoms with Crippen LogP contribution in [0.15, 0.2) is 30.3 Å². The largest absolute Gasteiger partial charge is 0.355 e. The summed E-state index contributed by atoms with van der Waals surface area (Å²) < 4.78 is 0. The van der Waals surface area contributed by atoms with Crippen molar-refractivity contribution in [3.8, 4) is 0 Å². The molecule has 0 radical (unpaired) electrons. The maximum absolute atomic E-state index is 11.9. The van der Waals surface area contributed by atoms with Crippen molar-refractivity contribution in [1.82, 2.24) is 15.5 Å². The first kappa shape index (κ1) is 19.0. The fourth-order valence-electron chi connectivity index (χ4n) is 2.86. The molecule has 1 aliphatic heterocycles. The molecule has 0 aliphatic carbocycles. The topological polar surface area (TPSA) is 78.5 Å². The van der Waals surface area contributed by atoms with E-state index in [2.05, 4.69) is 10.6 Å². The number of hydrogen-bond donors (Lipinski definition) is 2. The molecule has 1 aliphatic rings. The number of rotatable bonds is 8. The number of hydrogen-bond acceptors (Lipinski definition) is 3. The third-order valence-corrected chi connectivity index (χ3v) is 4.25. The van der Waals surface area contributed by atoms with Gasteiger partial charge < -0.3 is 15.5 Å². The van der Waals surface area contributed by atoms with Gasteiger partial charge in [0.05, 0.1) is 13.0 Å². The minimum atomic E-state index is -0.205. The Bertz CT molecular complexity index is 575. The van der Waals surface area contributed by atoms with Crippen LogP contribution >= 0.6 is 0 Å². The molecule has 2 rings (SSSR count). The molecule has 6 nitrogen and oxygen atoms in total. The molecule has 1 fully saturated rings. The van der Waals surface area contributed by atoms with Crippen molar-refractivity contribution in [3.05, 3.63) is 35.9 Å². The Morgan fingerprint density at radius 1 is 1.00 bits per heavy atom. The third-order valence-electron chi connectivity index (χ3n) is 4.25. The van der Waals surface area contributed by atoms with Crippen LogP contribution in [-0.2, 0) is 20.8 Å². The molecule has 1 aromatic rings. The average Bonchev–Trinajstić information content (AvgIpc) is 2.82. The molecular formula is C19H27N3O3. The van der Waals surface area contributed by atoms with E-state index in [4.69, 9.17) is 0 Å². The standard InChI is InChI=1S/C19H27N3O3/c23-17(14-16-8-3-1-4-9-16)21-15-18(24)20-11-7-13-22-12-6-2-5-10-19(22)25/h1,3-4,8-9H,2,5-7,10-15H2,(H,20,24)(H,21,23). The Kier molecular flexibility index (Phi) is 7.95. The Hall–Kier alpha value is -2.37. The highest BCUT2D eigenvalue weighted by Gasteiger charge is 2.15. The van der Waals surface area contributed by atoms with Crippen LogP contribution in [0.1, 0.15) is 37.7 Å². The number of benzene rings is 1. The molecule has 136 valence electrons.